The lowest BCUT2D eigenvalue weighted by Crippen LogP contribution is -2.24. The van der Waals surface area contributed by atoms with Gasteiger partial charge in [-0.2, -0.15) is 10.5 Å². The molecule has 0 bridgehead atoms. The molecule has 1 aliphatic rings. The van der Waals surface area contributed by atoms with Crippen LogP contribution in [0.3, 0.4) is 0 Å². The van der Waals surface area contributed by atoms with Crippen LogP contribution in [0.2, 0.25) is 0 Å². The number of hydrogen-bond donors (Lipinski definition) is 1. The van der Waals surface area contributed by atoms with Crippen LogP contribution in [0.1, 0.15) is 21.5 Å². The van der Waals surface area contributed by atoms with Crippen LogP contribution in [0.5, 0.6) is 23.0 Å². The average Bonchev–Trinajstić information content (AvgIpc) is 3.06. The molecule has 0 radical (unpaired) electrons. The van der Waals surface area contributed by atoms with E-state index in [4.69, 9.17) is 24.7 Å². The molecule has 0 aromatic heterocycles. The normalized spacial score (nSPS) is 13.5. The van der Waals surface area contributed by atoms with Gasteiger partial charge in [-0.05, 0) is 30.3 Å². The van der Waals surface area contributed by atoms with E-state index in [1.165, 1.54) is 24.1 Å². The highest BCUT2D eigenvalue weighted by Gasteiger charge is 2.32. The van der Waals surface area contributed by atoms with Crippen molar-refractivity contribution in [3.05, 3.63) is 52.8 Å². The third kappa shape index (κ3) is 4.04. The first-order chi connectivity index (χ1) is 14.5. The SMILES string of the molecule is COc1ccc(C=C2Oc3c(ccc(O)c3CN(CC#N)CC#N)C2=O)c(OC)c1. The highest BCUT2D eigenvalue weighted by molar-refractivity contribution is 6.15. The van der Waals surface area contributed by atoms with Crippen LogP contribution in [0, 0.1) is 22.7 Å². The lowest BCUT2D eigenvalue weighted by Gasteiger charge is -2.17. The molecule has 8 heteroatoms. The van der Waals surface area contributed by atoms with Gasteiger partial charge in [-0.3, -0.25) is 9.69 Å². The number of fused-ring (bicyclic) bond motifs is 1. The fourth-order valence-electron chi connectivity index (χ4n) is 3.12. The zero-order valence-electron chi connectivity index (χ0n) is 16.5. The molecule has 0 atom stereocenters. The molecule has 2 aromatic rings. The fraction of sp³-hybridized carbons (Fsp3) is 0.227. The minimum atomic E-state index is -0.337. The molecule has 0 fully saturated rings. The van der Waals surface area contributed by atoms with Crippen molar-refractivity contribution in [2.75, 3.05) is 27.3 Å². The van der Waals surface area contributed by atoms with Crippen LogP contribution in [0.4, 0.5) is 0 Å². The molecule has 1 N–H and O–H groups in total. The predicted molar refractivity (Wildman–Crippen MR) is 107 cm³/mol. The van der Waals surface area contributed by atoms with Gasteiger partial charge in [0, 0.05) is 18.2 Å². The van der Waals surface area contributed by atoms with E-state index in [0.29, 0.717) is 28.2 Å². The van der Waals surface area contributed by atoms with Gasteiger partial charge in [-0.25, -0.2) is 0 Å². The van der Waals surface area contributed by atoms with Crippen LogP contribution in [0.15, 0.2) is 36.1 Å². The first-order valence-electron chi connectivity index (χ1n) is 8.99. The van der Waals surface area contributed by atoms with Gasteiger partial charge in [0.15, 0.2) is 5.76 Å². The molecule has 8 nitrogen and oxygen atoms in total. The summed E-state index contributed by atoms with van der Waals surface area (Å²) in [6.45, 7) is 0.0786. The summed E-state index contributed by atoms with van der Waals surface area (Å²) in [7, 11) is 3.06. The molecule has 152 valence electrons. The van der Waals surface area contributed by atoms with E-state index in [1.54, 1.807) is 31.4 Å². The van der Waals surface area contributed by atoms with Gasteiger partial charge in [-0.15, -0.1) is 0 Å². The predicted octanol–water partition coefficient (Wildman–Crippen LogP) is 2.87. The zero-order valence-corrected chi connectivity index (χ0v) is 16.5. The molecule has 1 heterocycles. The molecule has 0 saturated carbocycles. The number of benzene rings is 2. The monoisotopic (exact) mass is 405 g/mol. The number of rotatable bonds is 7. The Labute approximate surface area is 173 Å². The minimum absolute atomic E-state index is 0.00361. The average molecular weight is 405 g/mol. The van der Waals surface area contributed by atoms with Crippen LogP contribution < -0.4 is 14.2 Å². The second-order valence-electron chi connectivity index (χ2n) is 6.45. The number of carbonyl (C=O) groups is 1. The third-order valence-electron chi connectivity index (χ3n) is 4.61. The molecule has 30 heavy (non-hydrogen) atoms. The third-order valence-corrected chi connectivity index (χ3v) is 4.61. The number of hydrogen-bond acceptors (Lipinski definition) is 8. The van der Waals surface area contributed by atoms with E-state index in [2.05, 4.69) is 0 Å². The summed E-state index contributed by atoms with van der Waals surface area (Å²) in [6.07, 6.45) is 1.56. The number of Topliss-reactive ketones (excluding diaryl/α,β-unsaturated/α-hetero) is 1. The molecule has 0 spiro atoms. The highest BCUT2D eigenvalue weighted by atomic mass is 16.5. The summed E-state index contributed by atoms with van der Waals surface area (Å²) in [5, 5.41) is 28.2. The zero-order chi connectivity index (χ0) is 21.7. The second-order valence-corrected chi connectivity index (χ2v) is 6.45. The maximum atomic E-state index is 12.9. The van der Waals surface area contributed by atoms with Gasteiger partial charge in [0.1, 0.15) is 23.0 Å². The van der Waals surface area contributed by atoms with E-state index < -0.39 is 0 Å². The van der Waals surface area contributed by atoms with Crippen LogP contribution in [0.25, 0.3) is 6.08 Å². The van der Waals surface area contributed by atoms with Crippen molar-refractivity contribution in [1.29, 1.82) is 10.5 Å². The number of phenols is 1. The lowest BCUT2D eigenvalue weighted by molar-refractivity contribution is 0.101. The number of methoxy groups -OCH3 is 2. The minimum Gasteiger partial charge on any atom is -0.507 e. The van der Waals surface area contributed by atoms with E-state index in [1.807, 2.05) is 12.1 Å². The maximum Gasteiger partial charge on any atom is 0.231 e. The number of carbonyl (C=O) groups excluding carboxylic acids is 1. The number of nitrogens with zero attached hydrogens (tertiary/aromatic N) is 3. The first-order valence-corrected chi connectivity index (χ1v) is 8.99. The summed E-state index contributed by atoms with van der Waals surface area (Å²) >= 11 is 0. The van der Waals surface area contributed by atoms with Crippen molar-refractivity contribution in [1.82, 2.24) is 4.90 Å². The number of aromatic hydroxyl groups is 1. The molecule has 1 aliphatic heterocycles. The molecule has 0 unspecified atom stereocenters. The molecule has 2 aromatic carbocycles. The Balaban J connectivity index is 1.98. The highest BCUT2D eigenvalue weighted by Crippen LogP contribution is 2.40. The van der Waals surface area contributed by atoms with Crippen molar-refractivity contribution in [3.63, 3.8) is 0 Å². The molecule has 0 aliphatic carbocycles. The van der Waals surface area contributed by atoms with Crippen molar-refractivity contribution < 1.29 is 24.1 Å². The fourth-order valence-corrected chi connectivity index (χ4v) is 3.12. The molecule has 3 rings (SSSR count). The summed E-state index contributed by atoms with van der Waals surface area (Å²) < 4.78 is 16.4. The quantitative estimate of drug-likeness (QED) is 0.552. The van der Waals surface area contributed by atoms with Crippen LogP contribution in [-0.4, -0.2) is 43.1 Å². The summed E-state index contributed by atoms with van der Waals surface area (Å²) in [5.41, 5.74) is 1.27. The number of ketones is 1. The van der Waals surface area contributed by atoms with Crippen LogP contribution >= 0.6 is 0 Å². The number of nitriles is 2. The van der Waals surface area contributed by atoms with Gasteiger partial charge in [0.05, 0.1) is 50.6 Å². The van der Waals surface area contributed by atoms with Gasteiger partial charge in [0.2, 0.25) is 5.78 Å². The van der Waals surface area contributed by atoms with E-state index >= 15 is 0 Å². The van der Waals surface area contributed by atoms with Crippen LogP contribution in [-0.2, 0) is 6.54 Å². The first kappa shape index (κ1) is 20.7. The Morgan fingerprint density at radius 3 is 2.50 bits per heavy atom. The lowest BCUT2D eigenvalue weighted by atomic mass is 10.0. The number of phenolic OH excluding ortho intramolecular Hbond substituents is 1. The van der Waals surface area contributed by atoms with Gasteiger partial charge < -0.3 is 19.3 Å². The van der Waals surface area contributed by atoms with Crippen molar-refractivity contribution >= 4 is 11.9 Å². The Kier molecular flexibility index (Phi) is 6.21. The second kappa shape index (κ2) is 8.99. The summed E-state index contributed by atoms with van der Waals surface area (Å²) in [5.74, 6) is 0.999. The Morgan fingerprint density at radius 2 is 1.87 bits per heavy atom. The summed E-state index contributed by atoms with van der Waals surface area (Å²) in [6, 6.07) is 12.0. The van der Waals surface area contributed by atoms with Crippen molar-refractivity contribution in [3.8, 4) is 35.1 Å². The topological polar surface area (TPSA) is 116 Å². The number of allylic oxidation sites excluding steroid dienone is 1. The standard InChI is InChI=1S/C22H19N3O5/c1-28-15-4-3-14(19(12-15)29-2)11-20-21(27)16-5-6-18(26)17(22(16)30-20)13-25(9-7-23)10-8-24/h3-6,11-12,26H,9-10,13H2,1-2H3. The smallest absolute Gasteiger partial charge is 0.231 e. The Bertz CT molecular complexity index is 1080. The van der Waals surface area contributed by atoms with E-state index in [-0.39, 0.29) is 42.7 Å². The van der Waals surface area contributed by atoms with Gasteiger partial charge in [0.25, 0.3) is 0 Å². The van der Waals surface area contributed by atoms with E-state index in [0.717, 1.165) is 0 Å². The molecule has 0 saturated heterocycles. The van der Waals surface area contributed by atoms with E-state index in [9.17, 15) is 9.90 Å². The van der Waals surface area contributed by atoms with Crippen molar-refractivity contribution in [2.24, 2.45) is 0 Å². The Morgan fingerprint density at radius 1 is 1.13 bits per heavy atom. The van der Waals surface area contributed by atoms with Gasteiger partial charge >= 0.3 is 0 Å². The summed E-state index contributed by atoms with van der Waals surface area (Å²) in [4.78, 5) is 14.4. The largest absolute Gasteiger partial charge is 0.507 e. The molecule has 0 amide bonds. The molecular formula is C22H19N3O5. The van der Waals surface area contributed by atoms with Crippen molar-refractivity contribution in [2.45, 2.75) is 6.54 Å². The Hall–Kier alpha value is -4.01. The molecular weight excluding hydrogens is 386 g/mol. The van der Waals surface area contributed by atoms with Gasteiger partial charge in [-0.1, -0.05) is 0 Å². The maximum absolute atomic E-state index is 12.9. The number of ether oxygens (including phenoxy) is 3.